The number of carbonyl (C=O) groups excluding carboxylic acids is 1. The van der Waals surface area contributed by atoms with Crippen molar-refractivity contribution in [3.05, 3.63) is 0 Å². The van der Waals surface area contributed by atoms with Gasteiger partial charge < -0.3 is 14.6 Å². The van der Waals surface area contributed by atoms with Crippen LogP contribution in [0.3, 0.4) is 0 Å². The molecule has 2 bridgehead atoms. The molecule has 0 unspecified atom stereocenters. The van der Waals surface area contributed by atoms with E-state index in [2.05, 4.69) is 0 Å². The molecule has 0 aromatic carbocycles. The number of likely N-dealkylation sites (tertiary alicyclic amines) is 1. The van der Waals surface area contributed by atoms with Crippen LogP contribution >= 0.6 is 0 Å². The Kier molecular flexibility index (Phi) is 2.57. The summed E-state index contributed by atoms with van der Waals surface area (Å²) in [7, 11) is 0. The molecule has 6 nitrogen and oxygen atoms in total. The number of aliphatic carboxylic acids is 1. The van der Waals surface area contributed by atoms with Gasteiger partial charge in [0.15, 0.2) is 5.60 Å². The molecule has 17 heavy (non-hydrogen) atoms. The van der Waals surface area contributed by atoms with Gasteiger partial charge in [0.2, 0.25) is 0 Å². The zero-order valence-electron chi connectivity index (χ0n) is 10.2. The number of hydrogen-bond donors (Lipinski definition) is 1. The Morgan fingerprint density at radius 2 is 2.12 bits per heavy atom. The summed E-state index contributed by atoms with van der Waals surface area (Å²) < 4.78 is 10.5. The van der Waals surface area contributed by atoms with Crippen molar-refractivity contribution in [1.29, 1.82) is 0 Å². The second kappa shape index (κ2) is 3.60. The van der Waals surface area contributed by atoms with Crippen LogP contribution in [0.5, 0.6) is 0 Å². The van der Waals surface area contributed by atoms with Gasteiger partial charge in [-0.05, 0) is 20.8 Å². The van der Waals surface area contributed by atoms with E-state index in [0.29, 0.717) is 6.42 Å². The summed E-state index contributed by atoms with van der Waals surface area (Å²) in [5.41, 5.74) is -1.79. The van der Waals surface area contributed by atoms with Crippen molar-refractivity contribution in [3.63, 3.8) is 0 Å². The van der Waals surface area contributed by atoms with Crippen molar-refractivity contribution in [2.75, 3.05) is 13.2 Å². The number of carboxylic acid groups (broad SMARTS) is 1. The molecule has 0 aliphatic carbocycles. The number of carbonyl (C=O) groups is 2. The highest BCUT2D eigenvalue weighted by Gasteiger charge is 2.58. The Bertz CT molecular complexity index is 361. The highest BCUT2D eigenvalue weighted by atomic mass is 16.6. The van der Waals surface area contributed by atoms with Gasteiger partial charge in [0, 0.05) is 6.42 Å². The fourth-order valence-corrected chi connectivity index (χ4v) is 2.22. The van der Waals surface area contributed by atoms with E-state index in [1.54, 1.807) is 20.8 Å². The Labute approximate surface area is 99.5 Å². The summed E-state index contributed by atoms with van der Waals surface area (Å²) in [6, 6.07) is -0.180. The molecule has 2 fully saturated rings. The van der Waals surface area contributed by atoms with Crippen molar-refractivity contribution in [2.45, 2.75) is 44.4 Å². The van der Waals surface area contributed by atoms with Gasteiger partial charge in [0.25, 0.3) is 0 Å². The normalized spacial score (nSPS) is 31.7. The lowest BCUT2D eigenvalue weighted by Gasteiger charge is -2.32. The Balaban J connectivity index is 2.07. The van der Waals surface area contributed by atoms with Gasteiger partial charge >= 0.3 is 12.1 Å². The first-order chi connectivity index (χ1) is 7.73. The van der Waals surface area contributed by atoms with Crippen LogP contribution in [0.15, 0.2) is 0 Å². The number of fused-ring (bicyclic) bond motifs is 2. The molecular formula is C11H17NO5. The minimum absolute atomic E-state index is 0.0713. The van der Waals surface area contributed by atoms with Gasteiger partial charge in [-0.1, -0.05) is 0 Å². The third kappa shape index (κ3) is 2.09. The fourth-order valence-electron chi connectivity index (χ4n) is 2.22. The number of nitrogens with zero attached hydrogens (tertiary/aromatic N) is 1. The molecule has 2 aliphatic heterocycles. The van der Waals surface area contributed by atoms with E-state index in [1.807, 2.05) is 0 Å². The summed E-state index contributed by atoms with van der Waals surface area (Å²) in [6.07, 6.45) is -0.115. The van der Waals surface area contributed by atoms with E-state index >= 15 is 0 Å². The summed E-state index contributed by atoms with van der Waals surface area (Å²) in [4.78, 5) is 24.5. The van der Waals surface area contributed by atoms with Crippen molar-refractivity contribution >= 4 is 12.1 Å². The molecule has 96 valence electrons. The Morgan fingerprint density at radius 3 is 2.59 bits per heavy atom. The maximum atomic E-state index is 11.9. The molecule has 0 spiro atoms. The number of hydrogen-bond acceptors (Lipinski definition) is 4. The van der Waals surface area contributed by atoms with E-state index in [-0.39, 0.29) is 19.2 Å². The zero-order chi connectivity index (χ0) is 12.8. The highest BCUT2D eigenvalue weighted by molar-refractivity contribution is 5.81. The molecule has 0 aromatic heterocycles. The molecular weight excluding hydrogens is 226 g/mol. The van der Waals surface area contributed by atoms with E-state index < -0.39 is 23.3 Å². The quantitative estimate of drug-likeness (QED) is 0.738. The first kappa shape index (κ1) is 12.2. The lowest BCUT2D eigenvalue weighted by atomic mass is 10.0. The second-order valence-corrected chi connectivity index (χ2v) is 5.58. The van der Waals surface area contributed by atoms with Crippen LogP contribution in [0.25, 0.3) is 0 Å². The number of ether oxygens (including phenoxy) is 2. The Hall–Kier alpha value is -1.30. The largest absolute Gasteiger partial charge is 0.479 e. The van der Waals surface area contributed by atoms with Crippen LogP contribution in [0.2, 0.25) is 0 Å². The Morgan fingerprint density at radius 1 is 1.47 bits per heavy atom. The van der Waals surface area contributed by atoms with Gasteiger partial charge in [0.05, 0.1) is 19.2 Å². The summed E-state index contributed by atoms with van der Waals surface area (Å²) in [6.45, 7) is 5.68. The van der Waals surface area contributed by atoms with Crippen LogP contribution in [0, 0.1) is 0 Å². The lowest BCUT2D eigenvalue weighted by Crippen LogP contribution is -2.50. The van der Waals surface area contributed by atoms with Crippen LogP contribution in [0.1, 0.15) is 27.2 Å². The number of rotatable bonds is 1. The van der Waals surface area contributed by atoms with Crippen LogP contribution in [0.4, 0.5) is 4.79 Å². The van der Waals surface area contributed by atoms with E-state index in [0.717, 1.165) is 0 Å². The van der Waals surface area contributed by atoms with Crippen molar-refractivity contribution in [3.8, 4) is 0 Å². The predicted octanol–water partition coefficient (Wildman–Crippen LogP) is 0.849. The van der Waals surface area contributed by atoms with Crippen LogP contribution in [-0.4, -0.2) is 52.5 Å². The highest BCUT2D eigenvalue weighted by Crippen LogP contribution is 2.38. The second-order valence-electron chi connectivity index (χ2n) is 5.58. The van der Waals surface area contributed by atoms with Crippen LogP contribution < -0.4 is 0 Å². The minimum Gasteiger partial charge on any atom is -0.479 e. The number of amides is 1. The van der Waals surface area contributed by atoms with E-state index in [9.17, 15) is 9.59 Å². The topological polar surface area (TPSA) is 76.1 Å². The van der Waals surface area contributed by atoms with E-state index in [4.69, 9.17) is 14.6 Å². The maximum Gasteiger partial charge on any atom is 0.410 e. The van der Waals surface area contributed by atoms with Crippen molar-refractivity contribution in [1.82, 2.24) is 4.90 Å². The molecule has 0 radical (unpaired) electrons. The molecule has 2 saturated heterocycles. The molecule has 6 heteroatoms. The molecule has 2 atom stereocenters. The number of carboxylic acids is 1. The summed E-state index contributed by atoms with van der Waals surface area (Å²) in [5.74, 6) is -1.01. The van der Waals surface area contributed by atoms with Gasteiger partial charge in [0.1, 0.15) is 5.60 Å². The molecule has 2 heterocycles. The van der Waals surface area contributed by atoms with Crippen LogP contribution in [-0.2, 0) is 14.3 Å². The first-order valence-corrected chi connectivity index (χ1v) is 5.60. The maximum absolute atomic E-state index is 11.9. The molecule has 1 N–H and O–H groups in total. The minimum atomic E-state index is -1.22. The number of morpholine rings is 1. The van der Waals surface area contributed by atoms with Gasteiger partial charge in [-0.2, -0.15) is 0 Å². The fraction of sp³-hybridized carbons (Fsp3) is 0.818. The van der Waals surface area contributed by atoms with E-state index in [1.165, 1.54) is 4.90 Å². The summed E-state index contributed by atoms with van der Waals surface area (Å²) >= 11 is 0. The lowest BCUT2D eigenvalue weighted by molar-refractivity contribution is -0.162. The van der Waals surface area contributed by atoms with Gasteiger partial charge in [-0.25, -0.2) is 9.59 Å². The molecule has 1 amide bonds. The third-order valence-electron chi connectivity index (χ3n) is 3.00. The third-order valence-corrected chi connectivity index (χ3v) is 3.00. The molecule has 2 aliphatic rings. The standard InChI is InChI=1S/C11H17NO5/c1-10(2,3)17-9(15)12-6-11(8(13)14)4-7(12)5-16-11/h7H,4-6H2,1-3H3,(H,13,14)/t7-,11+/m0/s1. The molecule has 0 saturated carbocycles. The average Bonchev–Trinajstić information content (AvgIpc) is 2.72. The van der Waals surface area contributed by atoms with Crippen molar-refractivity contribution < 1.29 is 24.2 Å². The smallest absolute Gasteiger partial charge is 0.410 e. The predicted molar refractivity (Wildman–Crippen MR) is 57.7 cm³/mol. The summed E-state index contributed by atoms with van der Waals surface area (Å²) in [5, 5.41) is 9.12. The average molecular weight is 243 g/mol. The SMILES string of the molecule is CC(C)(C)OC(=O)N1C[C@@]2(C(=O)O)C[C@H]1CO2. The monoisotopic (exact) mass is 243 g/mol. The molecule has 0 aromatic rings. The molecule has 2 rings (SSSR count). The first-order valence-electron chi connectivity index (χ1n) is 5.60. The van der Waals surface area contributed by atoms with Crippen molar-refractivity contribution in [2.24, 2.45) is 0 Å². The van der Waals surface area contributed by atoms with Gasteiger partial charge in [-0.15, -0.1) is 0 Å². The zero-order valence-corrected chi connectivity index (χ0v) is 10.2. The van der Waals surface area contributed by atoms with Gasteiger partial charge in [-0.3, -0.25) is 4.90 Å².